The molecule has 2 aromatic rings. The minimum atomic E-state index is -0.953. The van der Waals surface area contributed by atoms with Crippen molar-refractivity contribution in [1.29, 1.82) is 0 Å². The van der Waals surface area contributed by atoms with E-state index in [1.807, 2.05) is 38.1 Å². The molecule has 3 rings (SSSR count). The number of rotatable bonds is 11. The van der Waals surface area contributed by atoms with Gasteiger partial charge in [-0.2, -0.15) is 0 Å². The van der Waals surface area contributed by atoms with Crippen LogP contribution in [0.4, 0.5) is 4.79 Å². The molecule has 7 nitrogen and oxygen atoms in total. The lowest BCUT2D eigenvalue weighted by atomic mass is 9.98. The Morgan fingerprint density at radius 2 is 1.61 bits per heavy atom. The summed E-state index contributed by atoms with van der Waals surface area (Å²) in [4.78, 5) is 36.0. The molecule has 2 amide bonds. The van der Waals surface area contributed by atoms with E-state index >= 15 is 0 Å². The minimum absolute atomic E-state index is 0.0285. The number of amides is 2. The highest BCUT2D eigenvalue weighted by molar-refractivity contribution is 5.81. The molecular weight excluding hydrogens is 420 g/mol. The Kier molecular flexibility index (Phi) is 8.46. The maximum absolute atomic E-state index is 12.6. The largest absolute Gasteiger partial charge is 0.481 e. The maximum Gasteiger partial charge on any atom is 0.407 e. The van der Waals surface area contributed by atoms with Gasteiger partial charge in [0.25, 0.3) is 0 Å². The molecule has 2 unspecified atom stereocenters. The van der Waals surface area contributed by atoms with Crippen LogP contribution >= 0.6 is 0 Å². The number of fused-ring (bicyclic) bond motifs is 3. The molecule has 0 saturated heterocycles. The predicted octanol–water partition coefficient (Wildman–Crippen LogP) is 4.31. The number of hydrogen-bond acceptors (Lipinski definition) is 4. The van der Waals surface area contributed by atoms with E-state index in [4.69, 9.17) is 9.84 Å². The van der Waals surface area contributed by atoms with Crippen molar-refractivity contribution in [3.63, 3.8) is 0 Å². The summed E-state index contributed by atoms with van der Waals surface area (Å²) in [6, 6.07) is 15.8. The van der Waals surface area contributed by atoms with Gasteiger partial charge < -0.3 is 20.5 Å². The zero-order valence-electron chi connectivity index (χ0n) is 19.2. The smallest absolute Gasteiger partial charge is 0.407 e. The van der Waals surface area contributed by atoms with Crippen molar-refractivity contribution in [2.24, 2.45) is 5.92 Å². The van der Waals surface area contributed by atoms with Crippen molar-refractivity contribution in [2.45, 2.75) is 51.5 Å². The van der Waals surface area contributed by atoms with Gasteiger partial charge in [-0.05, 0) is 35.1 Å². The van der Waals surface area contributed by atoms with Crippen LogP contribution < -0.4 is 10.6 Å². The third-order valence-corrected chi connectivity index (χ3v) is 6.10. The highest BCUT2D eigenvalue weighted by Crippen LogP contribution is 2.44. The molecule has 3 N–H and O–H groups in total. The Bertz CT molecular complexity index is 945. The summed E-state index contributed by atoms with van der Waals surface area (Å²) in [5.41, 5.74) is 4.60. The van der Waals surface area contributed by atoms with Gasteiger partial charge in [-0.15, -0.1) is 0 Å². The minimum Gasteiger partial charge on any atom is -0.481 e. The second-order valence-corrected chi connectivity index (χ2v) is 8.40. The first-order valence-corrected chi connectivity index (χ1v) is 11.6. The van der Waals surface area contributed by atoms with Gasteiger partial charge in [0, 0.05) is 18.5 Å². The topological polar surface area (TPSA) is 105 Å². The molecule has 7 heteroatoms. The monoisotopic (exact) mass is 452 g/mol. The molecule has 2 aromatic carbocycles. The quantitative estimate of drug-likeness (QED) is 0.471. The van der Waals surface area contributed by atoms with Gasteiger partial charge in [0.2, 0.25) is 5.91 Å². The molecule has 0 fully saturated rings. The first-order chi connectivity index (χ1) is 15.9. The van der Waals surface area contributed by atoms with Crippen LogP contribution in [0.5, 0.6) is 0 Å². The lowest BCUT2D eigenvalue weighted by Gasteiger charge is -2.21. The highest BCUT2D eigenvalue weighted by atomic mass is 16.5. The van der Waals surface area contributed by atoms with E-state index in [0.29, 0.717) is 12.8 Å². The zero-order chi connectivity index (χ0) is 23.8. The van der Waals surface area contributed by atoms with Gasteiger partial charge in [-0.3, -0.25) is 9.59 Å². The van der Waals surface area contributed by atoms with Crippen molar-refractivity contribution >= 4 is 18.0 Å². The Morgan fingerprint density at radius 1 is 1.00 bits per heavy atom. The Balaban J connectivity index is 1.56. The molecule has 0 saturated carbocycles. The Morgan fingerprint density at radius 3 is 2.15 bits per heavy atom. The molecule has 0 aliphatic heterocycles. The maximum atomic E-state index is 12.6. The number of nitrogens with one attached hydrogen (secondary N) is 2. The fourth-order valence-electron chi connectivity index (χ4n) is 4.36. The van der Waals surface area contributed by atoms with Crippen LogP contribution in [0.25, 0.3) is 11.1 Å². The van der Waals surface area contributed by atoms with E-state index in [1.54, 1.807) is 0 Å². The van der Waals surface area contributed by atoms with Crippen LogP contribution in [-0.2, 0) is 14.3 Å². The Labute approximate surface area is 194 Å². The van der Waals surface area contributed by atoms with Crippen LogP contribution in [0.3, 0.4) is 0 Å². The molecule has 0 heterocycles. The van der Waals surface area contributed by atoms with Gasteiger partial charge in [-0.1, -0.05) is 68.8 Å². The number of ether oxygens (including phenoxy) is 1. The van der Waals surface area contributed by atoms with Crippen LogP contribution in [0.2, 0.25) is 0 Å². The van der Waals surface area contributed by atoms with Crippen molar-refractivity contribution in [2.75, 3.05) is 13.2 Å². The molecule has 0 aromatic heterocycles. The number of hydrogen-bond donors (Lipinski definition) is 3. The zero-order valence-corrected chi connectivity index (χ0v) is 19.2. The second-order valence-electron chi connectivity index (χ2n) is 8.40. The van der Waals surface area contributed by atoms with E-state index in [9.17, 15) is 14.4 Å². The summed E-state index contributed by atoms with van der Waals surface area (Å²) in [6.07, 6.45) is 1.18. The number of benzene rings is 2. The van der Waals surface area contributed by atoms with Gasteiger partial charge >= 0.3 is 12.1 Å². The lowest BCUT2D eigenvalue weighted by Crippen LogP contribution is -2.43. The molecule has 1 aliphatic carbocycles. The third kappa shape index (κ3) is 6.12. The summed E-state index contributed by atoms with van der Waals surface area (Å²) in [5.74, 6) is -1.67. The average Bonchev–Trinajstić information content (AvgIpc) is 3.13. The van der Waals surface area contributed by atoms with Crippen molar-refractivity contribution in [3.8, 4) is 11.1 Å². The molecule has 2 atom stereocenters. The van der Waals surface area contributed by atoms with Crippen LogP contribution in [-0.4, -0.2) is 42.3 Å². The second kappa shape index (κ2) is 11.5. The fourth-order valence-corrected chi connectivity index (χ4v) is 4.36. The van der Waals surface area contributed by atoms with E-state index in [0.717, 1.165) is 28.7 Å². The third-order valence-electron chi connectivity index (χ3n) is 6.10. The average molecular weight is 453 g/mol. The molecule has 1 aliphatic rings. The molecule has 0 bridgehead atoms. The van der Waals surface area contributed by atoms with Crippen molar-refractivity contribution in [1.82, 2.24) is 10.6 Å². The SMILES string of the molecule is CCCC(CNC(=O)OCC1c2ccccc2-c2ccccc21)C(=O)NC(CC)CC(=O)O. The first-order valence-electron chi connectivity index (χ1n) is 11.6. The first kappa shape index (κ1) is 24.3. The number of carboxylic acid groups (broad SMARTS) is 1. The van der Waals surface area contributed by atoms with Crippen molar-refractivity contribution < 1.29 is 24.2 Å². The van der Waals surface area contributed by atoms with Crippen LogP contribution in [0, 0.1) is 5.92 Å². The summed E-state index contributed by atoms with van der Waals surface area (Å²) >= 11 is 0. The van der Waals surface area contributed by atoms with Crippen LogP contribution in [0.15, 0.2) is 48.5 Å². The molecular formula is C26H32N2O5. The normalized spacial score (nSPS) is 14.0. The number of alkyl carbamates (subject to hydrolysis) is 1. The standard InChI is InChI=1S/C26H32N2O5/c1-3-9-17(25(31)28-18(4-2)14-24(29)30)15-27-26(32)33-16-23-21-12-7-5-10-19(21)20-11-6-8-13-22(20)23/h5-8,10-13,17-18,23H,3-4,9,14-16H2,1-2H3,(H,27,32)(H,28,31)(H,29,30). The van der Waals surface area contributed by atoms with Gasteiger partial charge in [0.1, 0.15) is 6.61 Å². The van der Waals surface area contributed by atoms with E-state index in [1.165, 1.54) is 0 Å². The summed E-state index contributed by atoms with van der Waals surface area (Å²) < 4.78 is 5.54. The van der Waals surface area contributed by atoms with E-state index in [2.05, 4.69) is 34.9 Å². The highest BCUT2D eigenvalue weighted by Gasteiger charge is 2.29. The van der Waals surface area contributed by atoms with Gasteiger partial charge in [0.05, 0.1) is 12.3 Å². The number of carbonyl (C=O) groups is 3. The number of aliphatic carboxylic acids is 1. The van der Waals surface area contributed by atoms with Gasteiger partial charge in [0.15, 0.2) is 0 Å². The molecule has 33 heavy (non-hydrogen) atoms. The van der Waals surface area contributed by atoms with Crippen molar-refractivity contribution in [3.05, 3.63) is 59.7 Å². The number of carboxylic acids is 1. The molecule has 0 radical (unpaired) electrons. The summed E-state index contributed by atoms with van der Waals surface area (Å²) in [6.45, 7) is 4.14. The Hall–Kier alpha value is -3.35. The molecule has 0 spiro atoms. The summed E-state index contributed by atoms with van der Waals surface area (Å²) in [5, 5.41) is 14.5. The molecule has 176 valence electrons. The summed E-state index contributed by atoms with van der Waals surface area (Å²) in [7, 11) is 0. The van der Waals surface area contributed by atoms with Gasteiger partial charge in [-0.25, -0.2) is 4.79 Å². The lowest BCUT2D eigenvalue weighted by molar-refractivity contribution is -0.137. The fraction of sp³-hybridized carbons (Fsp3) is 0.423. The predicted molar refractivity (Wildman–Crippen MR) is 126 cm³/mol. The van der Waals surface area contributed by atoms with Crippen LogP contribution in [0.1, 0.15) is 56.6 Å². The number of carbonyl (C=O) groups excluding carboxylic acids is 2. The van der Waals surface area contributed by atoms with E-state index < -0.39 is 24.0 Å². The van der Waals surface area contributed by atoms with E-state index in [-0.39, 0.29) is 31.4 Å².